The lowest BCUT2D eigenvalue weighted by atomic mass is 10.1. The Bertz CT molecular complexity index is 1300. The lowest BCUT2D eigenvalue weighted by Gasteiger charge is -2.05. The summed E-state index contributed by atoms with van der Waals surface area (Å²) in [5.74, 6) is -1.65. The number of carbonyl (C=O) groups excluding carboxylic acids is 1. The second-order valence-corrected chi connectivity index (χ2v) is 6.26. The highest BCUT2D eigenvalue weighted by Gasteiger charge is 2.11. The van der Waals surface area contributed by atoms with E-state index < -0.39 is 24.1 Å². The molecule has 4 rings (SSSR count). The number of nitrogens with one attached hydrogen (secondary N) is 1. The third kappa shape index (κ3) is 4.07. The standard InChI is InChI=1S/C21H13F2N5O2/c22-16-8-13(10-24)7-15(9-16)14-5-6-19-25-21(27-28(19)11-14)26-20(29)12-30-18-4-2-1-3-17(18)23/h1-9,11H,12H2,(H,26,27,29). The first-order chi connectivity index (χ1) is 14.5. The van der Waals surface area contributed by atoms with Crippen LogP contribution in [0.3, 0.4) is 0 Å². The molecular weight excluding hydrogens is 392 g/mol. The van der Waals surface area contributed by atoms with Gasteiger partial charge in [-0.3, -0.25) is 10.1 Å². The molecule has 0 atom stereocenters. The molecule has 0 fully saturated rings. The Balaban J connectivity index is 1.50. The van der Waals surface area contributed by atoms with Crippen molar-refractivity contribution in [3.05, 3.63) is 78.0 Å². The molecule has 1 amide bonds. The molecule has 1 N–H and O–H groups in total. The summed E-state index contributed by atoms with van der Waals surface area (Å²) in [5.41, 5.74) is 1.77. The van der Waals surface area contributed by atoms with Gasteiger partial charge in [0.2, 0.25) is 5.95 Å². The summed E-state index contributed by atoms with van der Waals surface area (Å²) in [7, 11) is 0. The maximum absolute atomic E-state index is 13.7. The fourth-order valence-electron chi connectivity index (χ4n) is 2.79. The van der Waals surface area contributed by atoms with E-state index in [0.717, 1.165) is 6.07 Å². The van der Waals surface area contributed by atoms with Gasteiger partial charge in [-0.2, -0.15) is 10.2 Å². The van der Waals surface area contributed by atoms with Gasteiger partial charge in [0.15, 0.2) is 23.8 Å². The van der Waals surface area contributed by atoms with E-state index in [0.29, 0.717) is 16.8 Å². The van der Waals surface area contributed by atoms with Gasteiger partial charge < -0.3 is 4.74 Å². The van der Waals surface area contributed by atoms with Crippen LogP contribution < -0.4 is 10.1 Å². The molecule has 2 aromatic carbocycles. The van der Waals surface area contributed by atoms with Gasteiger partial charge in [-0.1, -0.05) is 12.1 Å². The van der Waals surface area contributed by atoms with Crippen molar-refractivity contribution in [1.29, 1.82) is 5.26 Å². The van der Waals surface area contributed by atoms with E-state index in [1.165, 1.54) is 28.8 Å². The summed E-state index contributed by atoms with van der Waals surface area (Å²) in [6.07, 6.45) is 1.60. The predicted octanol–water partition coefficient (Wildman–Crippen LogP) is 3.56. The largest absolute Gasteiger partial charge is 0.481 e. The molecule has 30 heavy (non-hydrogen) atoms. The van der Waals surface area contributed by atoms with Crippen molar-refractivity contribution < 1.29 is 18.3 Å². The Morgan fingerprint density at radius 1 is 1.13 bits per heavy atom. The van der Waals surface area contributed by atoms with E-state index in [1.807, 2.05) is 6.07 Å². The van der Waals surface area contributed by atoms with Crippen LogP contribution in [0.25, 0.3) is 16.8 Å². The van der Waals surface area contributed by atoms with Crippen molar-refractivity contribution in [3.8, 4) is 22.9 Å². The Morgan fingerprint density at radius 2 is 1.97 bits per heavy atom. The van der Waals surface area contributed by atoms with Crippen molar-refractivity contribution in [2.45, 2.75) is 0 Å². The number of ether oxygens (including phenoxy) is 1. The first-order valence-corrected chi connectivity index (χ1v) is 8.76. The van der Waals surface area contributed by atoms with Crippen molar-refractivity contribution in [1.82, 2.24) is 14.6 Å². The van der Waals surface area contributed by atoms with E-state index in [4.69, 9.17) is 10.00 Å². The van der Waals surface area contributed by atoms with E-state index >= 15 is 0 Å². The van der Waals surface area contributed by atoms with Gasteiger partial charge >= 0.3 is 0 Å². The number of benzene rings is 2. The van der Waals surface area contributed by atoms with Gasteiger partial charge in [0.05, 0.1) is 11.6 Å². The molecule has 2 aromatic heterocycles. The molecule has 0 aliphatic rings. The molecule has 148 valence electrons. The Hall–Kier alpha value is -4.32. The fraction of sp³-hybridized carbons (Fsp3) is 0.0476. The number of anilines is 1. The molecule has 4 aromatic rings. The predicted molar refractivity (Wildman–Crippen MR) is 104 cm³/mol. The van der Waals surface area contributed by atoms with Crippen molar-refractivity contribution in [2.24, 2.45) is 0 Å². The quantitative estimate of drug-likeness (QED) is 0.548. The highest BCUT2D eigenvalue weighted by Crippen LogP contribution is 2.23. The number of pyridine rings is 1. The molecule has 9 heteroatoms. The van der Waals surface area contributed by atoms with Gasteiger partial charge in [-0.05, 0) is 48.0 Å². The number of rotatable bonds is 5. The highest BCUT2D eigenvalue weighted by molar-refractivity contribution is 5.90. The van der Waals surface area contributed by atoms with Gasteiger partial charge in [-0.25, -0.2) is 13.3 Å². The topological polar surface area (TPSA) is 92.3 Å². The highest BCUT2D eigenvalue weighted by atomic mass is 19.1. The Labute approximate surface area is 169 Å². The average molecular weight is 405 g/mol. The summed E-state index contributed by atoms with van der Waals surface area (Å²) >= 11 is 0. The fourth-order valence-corrected chi connectivity index (χ4v) is 2.79. The normalized spacial score (nSPS) is 10.6. The number of aromatic nitrogens is 3. The third-order valence-electron chi connectivity index (χ3n) is 4.14. The molecule has 0 radical (unpaired) electrons. The number of halogens is 2. The van der Waals surface area contributed by atoms with Gasteiger partial charge in [0.25, 0.3) is 5.91 Å². The maximum Gasteiger partial charge on any atom is 0.264 e. The maximum atomic E-state index is 13.7. The average Bonchev–Trinajstić information content (AvgIpc) is 3.14. The molecule has 0 bridgehead atoms. The van der Waals surface area contributed by atoms with Crippen molar-refractivity contribution in [3.63, 3.8) is 0 Å². The zero-order valence-corrected chi connectivity index (χ0v) is 15.3. The van der Waals surface area contributed by atoms with Crippen molar-refractivity contribution >= 4 is 17.5 Å². The van der Waals surface area contributed by atoms with Crippen LogP contribution in [-0.4, -0.2) is 27.1 Å². The smallest absolute Gasteiger partial charge is 0.264 e. The summed E-state index contributed by atoms with van der Waals surface area (Å²) in [6, 6.07) is 15.0. The summed E-state index contributed by atoms with van der Waals surface area (Å²) in [5, 5.41) is 15.6. The number of nitrogens with zero attached hydrogens (tertiary/aromatic N) is 4. The van der Waals surface area contributed by atoms with E-state index in [2.05, 4.69) is 15.4 Å². The number of amides is 1. The zero-order valence-electron chi connectivity index (χ0n) is 15.3. The first-order valence-electron chi connectivity index (χ1n) is 8.76. The summed E-state index contributed by atoms with van der Waals surface area (Å²) < 4.78 is 33.8. The number of hydrogen-bond donors (Lipinski definition) is 1. The van der Waals surface area contributed by atoms with Crippen LogP contribution in [0.5, 0.6) is 5.75 Å². The molecule has 7 nitrogen and oxygen atoms in total. The lowest BCUT2D eigenvalue weighted by molar-refractivity contribution is -0.118. The minimum Gasteiger partial charge on any atom is -0.481 e. The van der Waals surface area contributed by atoms with E-state index in [9.17, 15) is 13.6 Å². The molecular formula is C21H13F2N5O2. The summed E-state index contributed by atoms with van der Waals surface area (Å²) in [4.78, 5) is 16.2. The van der Waals surface area contributed by atoms with Crippen LogP contribution in [-0.2, 0) is 4.79 Å². The number of hydrogen-bond acceptors (Lipinski definition) is 5. The molecule has 0 aliphatic heterocycles. The molecule has 0 unspecified atom stereocenters. The minimum atomic E-state index is -0.569. The molecule has 0 saturated carbocycles. The van der Waals surface area contributed by atoms with Crippen LogP contribution in [0.2, 0.25) is 0 Å². The first kappa shape index (κ1) is 19.0. The number of carbonyl (C=O) groups is 1. The molecule has 2 heterocycles. The van der Waals surface area contributed by atoms with Crippen LogP contribution in [0.15, 0.2) is 60.8 Å². The summed E-state index contributed by atoms with van der Waals surface area (Å²) in [6.45, 7) is -0.415. The number of nitriles is 1. The Morgan fingerprint density at radius 3 is 2.77 bits per heavy atom. The monoisotopic (exact) mass is 405 g/mol. The third-order valence-corrected chi connectivity index (χ3v) is 4.14. The van der Waals surface area contributed by atoms with Gasteiger partial charge in [0.1, 0.15) is 5.82 Å². The minimum absolute atomic E-state index is 0.0336. The second kappa shape index (κ2) is 7.97. The lowest BCUT2D eigenvalue weighted by Crippen LogP contribution is -2.21. The Kier molecular flexibility index (Phi) is 5.05. The SMILES string of the molecule is N#Cc1cc(F)cc(-c2ccc3nc(NC(=O)COc4ccccc4F)nn3c2)c1. The second-order valence-electron chi connectivity index (χ2n) is 6.26. The number of fused-ring (bicyclic) bond motifs is 1. The molecule has 0 spiro atoms. The zero-order chi connectivity index (χ0) is 21.1. The van der Waals surface area contributed by atoms with E-state index in [-0.39, 0.29) is 17.3 Å². The number of para-hydroxylation sites is 1. The van der Waals surface area contributed by atoms with Crippen LogP contribution in [0, 0.1) is 23.0 Å². The van der Waals surface area contributed by atoms with Gasteiger partial charge in [0, 0.05) is 11.8 Å². The van der Waals surface area contributed by atoms with Crippen molar-refractivity contribution in [2.75, 3.05) is 11.9 Å². The van der Waals surface area contributed by atoms with Crippen LogP contribution >= 0.6 is 0 Å². The van der Waals surface area contributed by atoms with Crippen LogP contribution in [0.1, 0.15) is 5.56 Å². The molecule has 0 aliphatic carbocycles. The molecule has 0 saturated heterocycles. The van der Waals surface area contributed by atoms with Crippen LogP contribution in [0.4, 0.5) is 14.7 Å². The van der Waals surface area contributed by atoms with Gasteiger partial charge in [-0.15, -0.1) is 5.10 Å². The van der Waals surface area contributed by atoms with E-state index in [1.54, 1.807) is 30.5 Å².